The number of hydrogen-bond acceptors (Lipinski definition) is 3. The highest BCUT2D eigenvalue weighted by atomic mass is 15.2. The molecule has 1 aliphatic carbocycles. The van der Waals surface area contributed by atoms with Gasteiger partial charge in [0.1, 0.15) is 0 Å². The van der Waals surface area contributed by atoms with Crippen LogP contribution >= 0.6 is 0 Å². The fourth-order valence-electron chi connectivity index (χ4n) is 10.8. The van der Waals surface area contributed by atoms with Gasteiger partial charge in [-0.2, -0.15) is 0 Å². The molecule has 3 heteroatoms. The molecule has 0 fully saturated rings. The second kappa shape index (κ2) is 17.6. The summed E-state index contributed by atoms with van der Waals surface area (Å²) in [5.41, 5.74) is 20.0. The Morgan fingerprint density at radius 1 is 0.391 bits per heavy atom. The predicted molar refractivity (Wildman–Crippen MR) is 287 cm³/mol. The lowest BCUT2D eigenvalue weighted by molar-refractivity contribution is 0.768. The van der Waals surface area contributed by atoms with Crippen LogP contribution in [-0.4, -0.2) is 5.71 Å². The van der Waals surface area contributed by atoms with Crippen molar-refractivity contribution in [2.45, 2.75) is 5.41 Å². The number of anilines is 2. The van der Waals surface area contributed by atoms with Crippen molar-refractivity contribution in [2.24, 2.45) is 0 Å². The van der Waals surface area contributed by atoms with Crippen molar-refractivity contribution in [1.29, 1.82) is 5.41 Å². The minimum atomic E-state index is -0.598. The quantitative estimate of drug-likeness (QED) is 0.134. The van der Waals surface area contributed by atoms with Gasteiger partial charge in [-0.15, -0.1) is 0 Å². The van der Waals surface area contributed by atoms with Crippen molar-refractivity contribution >= 4 is 39.8 Å². The number of nitrogens with zero attached hydrogens (tertiary/aromatic N) is 1. The first kappa shape index (κ1) is 41.4. The van der Waals surface area contributed by atoms with Gasteiger partial charge in [-0.1, -0.05) is 255 Å². The standard InChI is InChI=1S/C66H47N3/c67-62(48-29-11-3-12-30-48)60(47-27-9-2-10-28-47)64-54-39-19-20-40-55(54)65(63(68-64)49-31-13-4-14-32-49)69(53-38-23-33-50(45-53)46-25-7-1-8-26-46)59-44-24-43-58-61(59)56-41-21-22-42-57(56)66(58,51-34-15-5-16-35-51)52-36-17-6-18-37-52/h1-45,67-68H/b64-60-,67-62?. The first-order valence-electron chi connectivity index (χ1n) is 23.6. The molecule has 0 radical (unpaired) electrons. The first-order valence-corrected chi connectivity index (χ1v) is 23.6. The average Bonchev–Trinajstić information content (AvgIpc) is 3.74. The summed E-state index contributed by atoms with van der Waals surface area (Å²) in [6.07, 6.45) is 0. The molecular weight excluding hydrogens is 835 g/mol. The number of rotatable bonds is 10. The van der Waals surface area contributed by atoms with E-state index in [2.05, 4.69) is 247 Å². The fraction of sp³-hybridized carbons (Fsp3) is 0.0152. The topological polar surface area (TPSA) is 39.1 Å². The molecule has 0 amide bonds. The SMILES string of the molecule is N=C(/C(=C1\NC(c2ccccc2)=C(N(c2cccc(-c3ccccc3)c2)c2cccc3c2-c2ccccc2C3(c2ccccc2)c2ccccc2)c2ccccc21)c1ccccc1)c1ccccc1. The second-order valence-electron chi connectivity index (χ2n) is 17.6. The molecule has 0 atom stereocenters. The molecule has 12 rings (SSSR count). The van der Waals surface area contributed by atoms with Crippen molar-refractivity contribution in [3.63, 3.8) is 0 Å². The van der Waals surface area contributed by atoms with E-state index in [9.17, 15) is 5.41 Å². The normalized spacial score (nSPS) is 13.9. The van der Waals surface area contributed by atoms with Gasteiger partial charge in [-0.3, -0.25) is 5.41 Å². The highest BCUT2D eigenvalue weighted by molar-refractivity contribution is 6.36. The molecule has 0 bridgehead atoms. The van der Waals surface area contributed by atoms with E-state index in [0.717, 1.165) is 73.0 Å². The Morgan fingerprint density at radius 3 is 1.51 bits per heavy atom. The molecule has 326 valence electrons. The van der Waals surface area contributed by atoms with Crippen LogP contribution < -0.4 is 10.2 Å². The number of hydrogen-bond donors (Lipinski definition) is 2. The lowest BCUT2D eigenvalue weighted by Gasteiger charge is -2.38. The minimum Gasteiger partial charge on any atom is -0.352 e. The van der Waals surface area contributed by atoms with E-state index in [-0.39, 0.29) is 0 Å². The van der Waals surface area contributed by atoms with E-state index < -0.39 is 5.41 Å². The van der Waals surface area contributed by atoms with E-state index in [0.29, 0.717) is 5.71 Å². The van der Waals surface area contributed by atoms with Crippen molar-refractivity contribution in [1.82, 2.24) is 5.32 Å². The van der Waals surface area contributed by atoms with Gasteiger partial charge in [0.15, 0.2) is 0 Å². The Balaban J connectivity index is 1.21. The molecule has 0 aromatic heterocycles. The molecule has 1 aliphatic heterocycles. The summed E-state index contributed by atoms with van der Waals surface area (Å²) in [7, 11) is 0. The fourth-order valence-corrected chi connectivity index (χ4v) is 10.8. The molecule has 1 heterocycles. The van der Waals surface area contributed by atoms with Gasteiger partial charge in [-0.25, -0.2) is 0 Å². The lowest BCUT2D eigenvalue weighted by Crippen LogP contribution is -2.30. The maximum Gasteiger partial charge on any atom is 0.0782 e. The van der Waals surface area contributed by atoms with E-state index in [1.807, 2.05) is 36.4 Å². The summed E-state index contributed by atoms with van der Waals surface area (Å²) >= 11 is 0. The largest absolute Gasteiger partial charge is 0.352 e. The summed E-state index contributed by atoms with van der Waals surface area (Å²) in [5.74, 6) is 0. The Labute approximate surface area is 404 Å². The smallest absolute Gasteiger partial charge is 0.0782 e. The Kier molecular flexibility index (Phi) is 10.6. The Morgan fingerprint density at radius 2 is 0.870 bits per heavy atom. The predicted octanol–water partition coefficient (Wildman–Crippen LogP) is 15.9. The van der Waals surface area contributed by atoms with Gasteiger partial charge in [0, 0.05) is 39.1 Å². The van der Waals surface area contributed by atoms with E-state index >= 15 is 0 Å². The Bertz CT molecular complexity index is 3520. The van der Waals surface area contributed by atoms with Gasteiger partial charge in [-0.05, 0) is 62.7 Å². The highest BCUT2D eigenvalue weighted by Crippen LogP contribution is 2.60. The molecule has 10 aromatic rings. The molecule has 0 spiro atoms. The first-order chi connectivity index (χ1) is 34.2. The molecule has 3 nitrogen and oxygen atoms in total. The van der Waals surface area contributed by atoms with E-state index in [4.69, 9.17) is 0 Å². The summed E-state index contributed by atoms with van der Waals surface area (Å²) in [4.78, 5) is 2.50. The van der Waals surface area contributed by atoms with Gasteiger partial charge in [0.25, 0.3) is 0 Å². The zero-order valence-corrected chi connectivity index (χ0v) is 37.9. The van der Waals surface area contributed by atoms with Gasteiger partial charge < -0.3 is 10.2 Å². The van der Waals surface area contributed by atoms with Gasteiger partial charge >= 0.3 is 0 Å². The van der Waals surface area contributed by atoms with Crippen LogP contribution in [0.2, 0.25) is 0 Å². The summed E-state index contributed by atoms with van der Waals surface area (Å²) in [6.45, 7) is 0. The van der Waals surface area contributed by atoms with Crippen LogP contribution in [0.5, 0.6) is 0 Å². The number of fused-ring (bicyclic) bond motifs is 4. The molecule has 0 saturated heterocycles. The number of allylic oxidation sites excluding steroid dienone is 1. The zero-order chi connectivity index (χ0) is 46.2. The maximum atomic E-state index is 9.99. The van der Waals surface area contributed by atoms with Crippen LogP contribution in [0.3, 0.4) is 0 Å². The van der Waals surface area contributed by atoms with Crippen LogP contribution in [-0.2, 0) is 5.41 Å². The summed E-state index contributed by atoms with van der Waals surface area (Å²) in [5, 5.41) is 14.1. The molecule has 2 aliphatic rings. The summed E-state index contributed by atoms with van der Waals surface area (Å²) in [6, 6.07) is 97.5. The third-order valence-corrected chi connectivity index (χ3v) is 13.8. The van der Waals surface area contributed by atoms with Crippen molar-refractivity contribution in [2.75, 3.05) is 4.90 Å². The minimum absolute atomic E-state index is 0.443. The van der Waals surface area contributed by atoms with E-state index in [1.165, 1.54) is 33.4 Å². The number of benzene rings is 10. The molecule has 2 N–H and O–H groups in total. The van der Waals surface area contributed by atoms with Crippen molar-refractivity contribution < 1.29 is 0 Å². The van der Waals surface area contributed by atoms with Crippen LogP contribution in [0.25, 0.3) is 44.9 Å². The summed E-state index contributed by atoms with van der Waals surface area (Å²) < 4.78 is 0. The highest BCUT2D eigenvalue weighted by Gasteiger charge is 2.47. The van der Waals surface area contributed by atoms with Gasteiger partial charge in [0.2, 0.25) is 0 Å². The third-order valence-electron chi connectivity index (χ3n) is 13.8. The maximum absolute atomic E-state index is 9.99. The molecule has 10 aromatic carbocycles. The molecular formula is C66H47N3. The van der Waals surface area contributed by atoms with Crippen LogP contribution in [0.15, 0.2) is 273 Å². The average molecular weight is 882 g/mol. The van der Waals surface area contributed by atoms with Gasteiger partial charge in [0.05, 0.1) is 33.9 Å². The Hall–Kier alpha value is -9.05. The van der Waals surface area contributed by atoms with Crippen LogP contribution in [0, 0.1) is 5.41 Å². The second-order valence-corrected chi connectivity index (χ2v) is 17.6. The number of nitrogens with one attached hydrogen (secondary N) is 2. The molecule has 0 saturated carbocycles. The van der Waals surface area contributed by atoms with Crippen molar-refractivity contribution in [3.8, 4) is 22.3 Å². The zero-order valence-electron chi connectivity index (χ0n) is 37.9. The lowest BCUT2D eigenvalue weighted by atomic mass is 9.68. The third kappa shape index (κ3) is 7.03. The molecule has 0 unspecified atom stereocenters. The van der Waals surface area contributed by atoms with E-state index in [1.54, 1.807) is 0 Å². The van der Waals surface area contributed by atoms with Crippen LogP contribution in [0.4, 0.5) is 11.4 Å². The van der Waals surface area contributed by atoms with Crippen LogP contribution in [0.1, 0.15) is 50.1 Å². The molecule has 69 heavy (non-hydrogen) atoms. The monoisotopic (exact) mass is 881 g/mol. The van der Waals surface area contributed by atoms with Crippen molar-refractivity contribution in [3.05, 3.63) is 323 Å².